The standard InChI is InChI=1S/C14H27ClN2Si/c1-4-7-12-18(15)16(5-2)13-10-8-9-11-14(13)17(18)6-3/h4,7,13-14H,5-6,8-12H2,1-3H3/b7-4+/t13-,14-/m1/s1. The highest BCUT2D eigenvalue weighted by Crippen LogP contribution is 2.43. The van der Waals surface area contributed by atoms with E-state index in [0.717, 1.165) is 31.2 Å². The van der Waals surface area contributed by atoms with Crippen molar-refractivity contribution >= 4 is 18.8 Å². The van der Waals surface area contributed by atoms with E-state index in [1.807, 2.05) is 0 Å². The van der Waals surface area contributed by atoms with Crippen molar-refractivity contribution in [2.75, 3.05) is 13.1 Å². The molecule has 104 valence electrons. The van der Waals surface area contributed by atoms with Gasteiger partial charge in [0.2, 0.25) is 0 Å². The van der Waals surface area contributed by atoms with Crippen LogP contribution in [0.5, 0.6) is 0 Å². The summed E-state index contributed by atoms with van der Waals surface area (Å²) in [5.41, 5.74) is 0. The van der Waals surface area contributed by atoms with Crippen molar-refractivity contribution in [2.45, 2.75) is 64.6 Å². The molecule has 1 heterocycles. The van der Waals surface area contributed by atoms with E-state index in [0.29, 0.717) is 0 Å². The highest BCUT2D eigenvalue weighted by molar-refractivity contribution is 7.17. The van der Waals surface area contributed by atoms with Crippen LogP contribution in [0.2, 0.25) is 6.04 Å². The topological polar surface area (TPSA) is 6.48 Å². The minimum atomic E-state index is -1.94. The van der Waals surface area contributed by atoms with E-state index in [-0.39, 0.29) is 0 Å². The predicted octanol–water partition coefficient (Wildman–Crippen LogP) is 3.71. The van der Waals surface area contributed by atoms with Gasteiger partial charge in [-0.25, -0.2) is 0 Å². The molecule has 1 aliphatic heterocycles. The lowest BCUT2D eigenvalue weighted by Crippen LogP contribution is -2.55. The molecule has 0 aromatic heterocycles. The first-order chi connectivity index (χ1) is 8.69. The first kappa shape index (κ1) is 14.6. The molecule has 0 aromatic rings. The molecule has 4 heteroatoms. The molecule has 0 radical (unpaired) electrons. The smallest absolute Gasteiger partial charge is 0.295 e. The van der Waals surface area contributed by atoms with Gasteiger partial charge in [-0.2, -0.15) is 0 Å². The first-order valence-corrected chi connectivity index (χ1v) is 10.6. The summed E-state index contributed by atoms with van der Waals surface area (Å²) in [5, 5.41) is 0. The molecule has 2 aliphatic rings. The molecule has 0 bridgehead atoms. The van der Waals surface area contributed by atoms with Gasteiger partial charge >= 0.3 is 7.71 Å². The van der Waals surface area contributed by atoms with E-state index in [4.69, 9.17) is 11.1 Å². The third-order valence-corrected chi connectivity index (χ3v) is 10.2. The Bertz CT molecular complexity index is 288. The lowest BCUT2D eigenvalue weighted by molar-refractivity contribution is 0.210. The van der Waals surface area contributed by atoms with Crippen molar-refractivity contribution in [3.05, 3.63) is 12.2 Å². The molecule has 0 unspecified atom stereocenters. The zero-order valence-corrected chi connectivity index (χ0v) is 13.8. The van der Waals surface area contributed by atoms with Gasteiger partial charge in [0.15, 0.2) is 0 Å². The summed E-state index contributed by atoms with van der Waals surface area (Å²) in [6.45, 7) is 8.90. The molecule has 0 N–H and O–H groups in total. The number of halogens is 1. The van der Waals surface area contributed by atoms with Gasteiger partial charge in [-0.1, -0.05) is 38.8 Å². The number of likely N-dealkylation sites (N-methyl/N-ethyl adjacent to an activating group) is 2. The fourth-order valence-corrected chi connectivity index (χ4v) is 9.61. The van der Waals surface area contributed by atoms with Crippen LogP contribution in [0.1, 0.15) is 46.5 Å². The van der Waals surface area contributed by atoms with Crippen molar-refractivity contribution in [1.29, 1.82) is 0 Å². The molecule has 0 amide bonds. The number of nitrogens with zero attached hydrogens (tertiary/aromatic N) is 2. The second-order valence-corrected chi connectivity index (χ2v) is 10.3. The number of rotatable bonds is 4. The quantitative estimate of drug-likeness (QED) is 0.442. The predicted molar refractivity (Wildman–Crippen MR) is 82.0 cm³/mol. The third-order valence-electron chi connectivity index (χ3n) is 4.67. The van der Waals surface area contributed by atoms with Crippen molar-refractivity contribution in [2.24, 2.45) is 0 Å². The molecule has 1 saturated heterocycles. The third kappa shape index (κ3) is 2.31. The van der Waals surface area contributed by atoms with Crippen LogP contribution in [0.25, 0.3) is 0 Å². The molecule has 2 nitrogen and oxygen atoms in total. The minimum absolute atomic E-state index is 0.734. The molecule has 2 rings (SSSR count). The average Bonchev–Trinajstić information content (AvgIpc) is 2.64. The normalized spacial score (nSPS) is 33.1. The fourth-order valence-electron chi connectivity index (χ4n) is 3.95. The van der Waals surface area contributed by atoms with Crippen LogP contribution in [0.3, 0.4) is 0 Å². The number of hydrogen-bond acceptors (Lipinski definition) is 2. The Morgan fingerprint density at radius 1 is 1.11 bits per heavy atom. The Balaban J connectivity index is 2.28. The van der Waals surface area contributed by atoms with Gasteiger partial charge in [-0.05, 0) is 32.9 Å². The molecule has 0 aromatic carbocycles. The van der Waals surface area contributed by atoms with Crippen molar-refractivity contribution in [3.8, 4) is 0 Å². The SMILES string of the molecule is C/C=C/C[Si]1(Cl)N(CC)[C@@H]2CCCC[C@H]2N1CC. The zero-order valence-electron chi connectivity index (χ0n) is 12.0. The Morgan fingerprint density at radius 3 is 2.00 bits per heavy atom. The highest BCUT2D eigenvalue weighted by Gasteiger charge is 2.57. The van der Waals surface area contributed by atoms with E-state index in [1.54, 1.807) is 0 Å². The highest BCUT2D eigenvalue weighted by atomic mass is 35.6. The van der Waals surface area contributed by atoms with Crippen molar-refractivity contribution in [3.63, 3.8) is 0 Å². The van der Waals surface area contributed by atoms with E-state index in [1.165, 1.54) is 25.7 Å². The fraction of sp³-hybridized carbons (Fsp3) is 0.857. The first-order valence-electron chi connectivity index (χ1n) is 7.52. The van der Waals surface area contributed by atoms with Crippen LogP contribution >= 0.6 is 11.1 Å². The second kappa shape index (κ2) is 6.08. The summed E-state index contributed by atoms with van der Waals surface area (Å²) >= 11 is 7.20. The van der Waals surface area contributed by atoms with E-state index in [2.05, 4.69) is 42.1 Å². The van der Waals surface area contributed by atoms with Crippen molar-refractivity contribution in [1.82, 2.24) is 9.13 Å². The van der Waals surface area contributed by atoms with Crippen LogP contribution < -0.4 is 0 Å². The van der Waals surface area contributed by atoms with Gasteiger partial charge in [0.1, 0.15) is 0 Å². The Morgan fingerprint density at radius 2 is 1.61 bits per heavy atom. The molecular weight excluding hydrogens is 260 g/mol. The number of fused-ring (bicyclic) bond motifs is 1. The van der Waals surface area contributed by atoms with E-state index < -0.39 is 7.71 Å². The lowest BCUT2D eigenvalue weighted by Gasteiger charge is -2.35. The lowest BCUT2D eigenvalue weighted by atomic mass is 9.90. The Kier molecular flexibility index (Phi) is 4.92. The molecule has 2 atom stereocenters. The maximum absolute atomic E-state index is 7.20. The molecule has 1 saturated carbocycles. The van der Waals surface area contributed by atoms with E-state index >= 15 is 0 Å². The van der Waals surface area contributed by atoms with Crippen molar-refractivity contribution < 1.29 is 0 Å². The number of hydrogen-bond donors (Lipinski definition) is 0. The molecule has 1 aliphatic carbocycles. The average molecular weight is 287 g/mol. The van der Waals surface area contributed by atoms with Gasteiger partial charge in [-0.15, -0.1) is 11.1 Å². The number of allylic oxidation sites excluding steroid dienone is 2. The van der Waals surface area contributed by atoms with Gasteiger partial charge < -0.3 is 0 Å². The maximum atomic E-state index is 7.20. The molecular formula is C14H27ClN2Si. The van der Waals surface area contributed by atoms with Gasteiger partial charge in [0, 0.05) is 18.1 Å². The summed E-state index contributed by atoms with van der Waals surface area (Å²) in [6, 6.07) is 2.54. The van der Waals surface area contributed by atoms with Gasteiger partial charge in [0.05, 0.1) is 0 Å². The van der Waals surface area contributed by atoms with Crippen LogP contribution in [-0.4, -0.2) is 42.0 Å². The van der Waals surface area contributed by atoms with Crippen LogP contribution in [0.15, 0.2) is 12.2 Å². The zero-order chi connectivity index (χ0) is 13.2. The summed E-state index contributed by atoms with van der Waals surface area (Å²) in [7, 11) is -1.94. The van der Waals surface area contributed by atoms with Crippen LogP contribution in [0, 0.1) is 0 Å². The Labute approximate surface area is 118 Å². The van der Waals surface area contributed by atoms with Gasteiger partial charge in [-0.3, -0.25) is 9.13 Å². The summed E-state index contributed by atoms with van der Waals surface area (Å²) in [6.07, 6.45) is 9.92. The Hall–Kier alpha value is 0.167. The van der Waals surface area contributed by atoms with Crippen LogP contribution in [0.4, 0.5) is 0 Å². The summed E-state index contributed by atoms with van der Waals surface area (Å²) in [5.74, 6) is 0. The summed E-state index contributed by atoms with van der Waals surface area (Å²) < 4.78 is 5.36. The monoisotopic (exact) mass is 286 g/mol. The minimum Gasteiger partial charge on any atom is -0.295 e. The van der Waals surface area contributed by atoms with Gasteiger partial charge in [0.25, 0.3) is 0 Å². The summed E-state index contributed by atoms with van der Waals surface area (Å²) in [4.78, 5) is 0. The van der Waals surface area contributed by atoms with Crippen LogP contribution in [-0.2, 0) is 0 Å². The van der Waals surface area contributed by atoms with E-state index in [9.17, 15) is 0 Å². The molecule has 2 fully saturated rings. The maximum Gasteiger partial charge on any atom is 0.311 e. The molecule has 0 spiro atoms. The largest absolute Gasteiger partial charge is 0.311 e. The molecule has 18 heavy (non-hydrogen) atoms. The second-order valence-electron chi connectivity index (χ2n) is 5.48.